The van der Waals surface area contributed by atoms with Crippen LogP contribution in [0.1, 0.15) is 49.8 Å². The molecule has 10 nitrogen and oxygen atoms in total. The van der Waals surface area contributed by atoms with E-state index in [2.05, 4.69) is 63.6 Å². The molecule has 4 aliphatic heterocycles. The molecule has 49 heavy (non-hydrogen) atoms. The number of nitriles is 1. The van der Waals surface area contributed by atoms with Gasteiger partial charge in [0.1, 0.15) is 12.4 Å². The van der Waals surface area contributed by atoms with E-state index in [1.807, 2.05) is 17.0 Å². The van der Waals surface area contributed by atoms with Crippen LogP contribution in [0, 0.1) is 11.3 Å². The number of amides is 1. The lowest BCUT2D eigenvalue weighted by Gasteiger charge is -2.43. The number of aromatic nitrogens is 2. The monoisotopic (exact) mass is 682 g/mol. The highest BCUT2D eigenvalue weighted by Crippen LogP contribution is 2.37. The van der Waals surface area contributed by atoms with Gasteiger partial charge in [-0.3, -0.25) is 9.69 Å². The number of fused-ring (bicyclic) bond motifs is 2. The molecule has 0 radical (unpaired) electrons. The van der Waals surface area contributed by atoms with E-state index in [1.54, 1.807) is 0 Å². The van der Waals surface area contributed by atoms with E-state index in [1.165, 1.54) is 6.42 Å². The predicted molar refractivity (Wildman–Crippen MR) is 194 cm³/mol. The van der Waals surface area contributed by atoms with Crippen LogP contribution in [-0.2, 0) is 17.8 Å². The van der Waals surface area contributed by atoms with E-state index in [-0.39, 0.29) is 18.4 Å². The summed E-state index contributed by atoms with van der Waals surface area (Å²) in [7, 11) is 2.14. The van der Waals surface area contributed by atoms with Crippen LogP contribution in [0.4, 0.5) is 11.5 Å². The Bertz CT molecular complexity index is 1730. The van der Waals surface area contributed by atoms with E-state index in [9.17, 15) is 10.1 Å². The Morgan fingerprint density at radius 1 is 1.00 bits per heavy atom. The largest absolute Gasteiger partial charge is 0.462 e. The second kappa shape index (κ2) is 14.9. The van der Waals surface area contributed by atoms with Crippen molar-refractivity contribution in [1.82, 2.24) is 24.7 Å². The third-order valence-electron chi connectivity index (χ3n) is 10.8. The molecule has 4 aliphatic rings. The van der Waals surface area contributed by atoms with Gasteiger partial charge in [0.25, 0.3) is 5.91 Å². The third kappa shape index (κ3) is 7.21. The highest BCUT2D eigenvalue weighted by molar-refractivity contribution is 6.36. The van der Waals surface area contributed by atoms with Crippen LogP contribution in [0.25, 0.3) is 10.8 Å². The molecule has 3 fully saturated rings. The molecular formula is C38H47ClN8O2. The number of carbonyl (C=O) groups is 1. The number of rotatable bonds is 9. The van der Waals surface area contributed by atoms with Crippen molar-refractivity contribution in [2.75, 3.05) is 75.8 Å². The van der Waals surface area contributed by atoms with E-state index >= 15 is 0 Å². The molecule has 0 aliphatic carbocycles. The number of hydrogen-bond donors (Lipinski definition) is 0. The number of anilines is 2. The summed E-state index contributed by atoms with van der Waals surface area (Å²) in [6.07, 6.45) is 6.84. The Kier molecular flexibility index (Phi) is 10.2. The average molecular weight is 683 g/mol. The van der Waals surface area contributed by atoms with Gasteiger partial charge in [0.05, 0.1) is 35.8 Å². The van der Waals surface area contributed by atoms with Crippen molar-refractivity contribution in [3.05, 3.63) is 64.8 Å². The van der Waals surface area contributed by atoms with E-state index in [0.717, 1.165) is 96.8 Å². The maximum absolute atomic E-state index is 13.7. The summed E-state index contributed by atoms with van der Waals surface area (Å²) in [4.78, 5) is 34.9. The molecule has 2 atom stereocenters. The van der Waals surface area contributed by atoms with Crippen molar-refractivity contribution in [2.24, 2.45) is 0 Å². The number of benzene rings is 2. The van der Waals surface area contributed by atoms with Gasteiger partial charge < -0.3 is 24.3 Å². The highest BCUT2D eigenvalue weighted by atomic mass is 35.5. The zero-order valence-electron chi connectivity index (χ0n) is 28.6. The average Bonchev–Trinajstić information content (AvgIpc) is 3.54. The maximum atomic E-state index is 13.7. The summed E-state index contributed by atoms with van der Waals surface area (Å²) in [5, 5.41) is 12.7. The van der Waals surface area contributed by atoms with Gasteiger partial charge in [0.15, 0.2) is 0 Å². The highest BCUT2D eigenvalue weighted by Gasteiger charge is 2.35. The zero-order chi connectivity index (χ0) is 33.9. The van der Waals surface area contributed by atoms with Crippen molar-refractivity contribution in [1.29, 1.82) is 5.26 Å². The van der Waals surface area contributed by atoms with Gasteiger partial charge in [-0.15, -0.1) is 0 Å². The van der Waals surface area contributed by atoms with E-state index in [0.29, 0.717) is 57.0 Å². The van der Waals surface area contributed by atoms with Crippen LogP contribution in [0.3, 0.4) is 0 Å². The first-order valence-corrected chi connectivity index (χ1v) is 18.3. The number of piperidine rings is 1. The van der Waals surface area contributed by atoms with Gasteiger partial charge in [0, 0.05) is 61.0 Å². The number of hydrogen-bond acceptors (Lipinski definition) is 9. The van der Waals surface area contributed by atoms with Gasteiger partial charge in [-0.1, -0.05) is 48.9 Å². The molecular weight excluding hydrogens is 636 g/mol. The Morgan fingerprint density at radius 3 is 2.59 bits per heavy atom. The van der Waals surface area contributed by atoms with Crippen LogP contribution in [0.5, 0.6) is 6.01 Å². The number of nitrogens with zero attached hydrogens (tertiary/aromatic N) is 8. The molecule has 3 aromatic rings. The molecule has 0 unspecified atom stereocenters. The molecule has 0 saturated carbocycles. The van der Waals surface area contributed by atoms with Gasteiger partial charge in [-0.05, 0) is 76.3 Å². The Morgan fingerprint density at radius 2 is 1.82 bits per heavy atom. The lowest BCUT2D eigenvalue weighted by atomic mass is 10.0. The predicted octanol–water partition coefficient (Wildman–Crippen LogP) is 5.29. The fourth-order valence-electron chi connectivity index (χ4n) is 8.07. The first kappa shape index (κ1) is 33.6. The molecule has 2 aromatic carbocycles. The van der Waals surface area contributed by atoms with Gasteiger partial charge in [-0.2, -0.15) is 15.2 Å². The number of ether oxygens (including phenoxy) is 1. The number of carbonyl (C=O) groups excluding carboxylic acids is 1. The van der Waals surface area contributed by atoms with Crippen molar-refractivity contribution in [2.45, 2.75) is 63.6 Å². The first-order chi connectivity index (χ1) is 23.9. The van der Waals surface area contributed by atoms with Crippen LogP contribution >= 0.6 is 11.6 Å². The topological polar surface area (TPSA) is 92.1 Å². The fourth-order valence-corrected chi connectivity index (χ4v) is 8.35. The number of likely N-dealkylation sites (tertiary alicyclic amines) is 2. The van der Waals surface area contributed by atoms with Crippen LogP contribution in [0.2, 0.25) is 5.02 Å². The van der Waals surface area contributed by atoms with E-state index < -0.39 is 0 Å². The van der Waals surface area contributed by atoms with Crippen LogP contribution in [-0.4, -0.2) is 109 Å². The van der Waals surface area contributed by atoms with Crippen molar-refractivity contribution in [3.8, 4) is 12.1 Å². The quantitative estimate of drug-likeness (QED) is 0.279. The molecule has 0 N–H and O–H groups in total. The second-order valence-electron chi connectivity index (χ2n) is 14.0. The smallest absolute Gasteiger partial charge is 0.318 e. The Hall–Kier alpha value is -3.91. The molecule has 0 spiro atoms. The molecule has 11 heteroatoms. The molecule has 3 saturated heterocycles. The summed E-state index contributed by atoms with van der Waals surface area (Å²) in [6.45, 7) is 11.4. The summed E-state index contributed by atoms with van der Waals surface area (Å²) in [5.41, 5.74) is 3.76. The van der Waals surface area contributed by atoms with Gasteiger partial charge >= 0.3 is 6.01 Å². The molecule has 5 heterocycles. The molecule has 7 rings (SSSR count). The molecule has 1 amide bonds. The minimum Gasteiger partial charge on any atom is -0.462 e. The summed E-state index contributed by atoms with van der Waals surface area (Å²) in [6, 6.07) is 15.2. The zero-order valence-corrected chi connectivity index (χ0v) is 29.4. The molecule has 1 aromatic heterocycles. The van der Waals surface area contributed by atoms with Crippen LogP contribution < -0.4 is 14.5 Å². The van der Waals surface area contributed by atoms with Crippen molar-refractivity contribution in [3.63, 3.8) is 0 Å². The summed E-state index contributed by atoms with van der Waals surface area (Å²) in [5.74, 6) is 0.821. The molecule has 0 bridgehead atoms. The van der Waals surface area contributed by atoms with Crippen molar-refractivity contribution >= 4 is 39.8 Å². The van der Waals surface area contributed by atoms with Gasteiger partial charge in [-0.25, -0.2) is 0 Å². The summed E-state index contributed by atoms with van der Waals surface area (Å²) < 4.78 is 6.36. The first-order valence-electron chi connectivity index (χ1n) is 17.9. The third-order valence-corrected chi connectivity index (χ3v) is 11.1. The normalized spacial score (nSPS) is 21.9. The lowest BCUT2D eigenvalue weighted by molar-refractivity contribution is -0.130. The maximum Gasteiger partial charge on any atom is 0.318 e. The number of likely N-dealkylation sites (N-methyl/N-ethyl adjacent to an activating group) is 1. The summed E-state index contributed by atoms with van der Waals surface area (Å²) >= 11 is 6.75. The van der Waals surface area contributed by atoms with Gasteiger partial charge in [0.2, 0.25) is 0 Å². The number of halogens is 1. The minimum atomic E-state index is -0.260. The minimum absolute atomic E-state index is 0.0377. The molecule has 258 valence electrons. The standard InChI is InChI=1S/C38H47ClN8O2/c1-27(23-44-18-4-3-5-19-44)37(48)47-22-21-46(24-29(47)14-16-40)36-31-15-20-45(34-13-7-10-28-9-6-12-32(39)35(28)34)25-33(31)41-38(42-36)49-26-30-11-8-17-43(30)2/h6-7,9-10,12-13,29-30H,1,3-5,8,11,14-15,17-26H2,2H3/t29-,30-/m0/s1. The van der Waals surface area contributed by atoms with Crippen LogP contribution in [0.15, 0.2) is 48.6 Å². The van der Waals surface area contributed by atoms with E-state index in [4.69, 9.17) is 26.3 Å². The number of piperazine rings is 1. The second-order valence-corrected chi connectivity index (χ2v) is 14.4. The SMILES string of the molecule is C=C(CN1CCCCC1)C(=O)N1CCN(c2nc(OC[C@@H]3CCCN3C)nc3c2CCN(c2cccc4cccc(Cl)c24)C3)C[C@@H]1CC#N. The Balaban J connectivity index is 1.15. The lowest BCUT2D eigenvalue weighted by Crippen LogP contribution is -2.56. The van der Waals surface area contributed by atoms with Crippen molar-refractivity contribution < 1.29 is 9.53 Å². The fraction of sp³-hybridized carbons (Fsp3) is 0.526. The Labute approximate surface area is 294 Å².